The van der Waals surface area contributed by atoms with Crippen molar-refractivity contribution < 1.29 is 24.2 Å². The van der Waals surface area contributed by atoms with Crippen LogP contribution in [0.25, 0.3) is 0 Å². The topological polar surface area (TPSA) is 143 Å². The minimum Gasteiger partial charge on any atom is -0.497 e. The Labute approximate surface area is 133 Å². The maximum absolute atomic E-state index is 11.9. The van der Waals surface area contributed by atoms with E-state index in [1.807, 2.05) is 0 Å². The molecular weight excluding hydrogens is 302 g/mol. The number of hydrogen-bond donors (Lipinski definition) is 4. The molecule has 5 N–H and O–H groups in total. The second kappa shape index (κ2) is 8.64. The van der Waals surface area contributed by atoms with E-state index >= 15 is 0 Å². The first kappa shape index (κ1) is 18.3. The lowest BCUT2D eigenvalue weighted by Crippen LogP contribution is -2.36. The number of hydrogen-bond acceptors (Lipinski definition) is 6. The number of ketones is 1. The molecule has 0 aliphatic rings. The number of rotatable bonds is 9. The Morgan fingerprint density at radius 2 is 1.91 bits per heavy atom. The van der Waals surface area contributed by atoms with Gasteiger partial charge in [-0.05, 0) is 30.7 Å². The van der Waals surface area contributed by atoms with Crippen LogP contribution in [0.15, 0.2) is 24.3 Å². The minimum atomic E-state index is -1.30. The standard InChI is InChI=1S/C15H19N3O5/c1-23-10-4-2-9(3-5-10)14(20)18-7-6-11(15(21)22)13(17)12(19)8-16/h2-5,11,17H,6-8,16H2,1H3,(H,18,20)(H,21,22). The average Bonchev–Trinajstić information content (AvgIpc) is 2.56. The number of methoxy groups -OCH3 is 1. The van der Waals surface area contributed by atoms with Gasteiger partial charge in [-0.1, -0.05) is 0 Å². The number of nitrogens with one attached hydrogen (secondary N) is 2. The van der Waals surface area contributed by atoms with Gasteiger partial charge in [-0.2, -0.15) is 0 Å². The van der Waals surface area contributed by atoms with E-state index in [1.165, 1.54) is 7.11 Å². The van der Waals surface area contributed by atoms with Crippen LogP contribution in [-0.2, 0) is 9.59 Å². The van der Waals surface area contributed by atoms with Gasteiger partial charge in [-0.3, -0.25) is 14.4 Å². The lowest BCUT2D eigenvalue weighted by atomic mass is 9.96. The molecule has 0 spiro atoms. The summed E-state index contributed by atoms with van der Waals surface area (Å²) in [5.74, 6) is -3.08. The molecule has 23 heavy (non-hydrogen) atoms. The number of nitrogens with two attached hydrogens (primary N) is 1. The lowest BCUT2D eigenvalue weighted by molar-refractivity contribution is -0.140. The monoisotopic (exact) mass is 321 g/mol. The van der Waals surface area contributed by atoms with E-state index in [1.54, 1.807) is 24.3 Å². The van der Waals surface area contributed by atoms with Crippen LogP contribution < -0.4 is 15.8 Å². The Balaban J connectivity index is 2.58. The third-order valence-electron chi connectivity index (χ3n) is 3.20. The van der Waals surface area contributed by atoms with Gasteiger partial charge in [0.2, 0.25) is 0 Å². The lowest BCUT2D eigenvalue weighted by Gasteiger charge is -2.13. The van der Waals surface area contributed by atoms with E-state index in [4.69, 9.17) is 21.0 Å². The molecule has 1 unspecified atom stereocenters. The van der Waals surface area contributed by atoms with Crippen molar-refractivity contribution in [1.29, 1.82) is 5.41 Å². The number of amides is 1. The maximum atomic E-state index is 11.9. The van der Waals surface area contributed by atoms with Crippen molar-refractivity contribution in [3.05, 3.63) is 29.8 Å². The average molecular weight is 321 g/mol. The molecule has 0 heterocycles. The van der Waals surface area contributed by atoms with E-state index in [2.05, 4.69) is 5.32 Å². The van der Waals surface area contributed by atoms with E-state index in [0.29, 0.717) is 11.3 Å². The van der Waals surface area contributed by atoms with Crippen molar-refractivity contribution in [3.8, 4) is 5.75 Å². The third-order valence-corrected chi connectivity index (χ3v) is 3.20. The van der Waals surface area contributed by atoms with Crippen LogP contribution in [0.4, 0.5) is 0 Å². The summed E-state index contributed by atoms with van der Waals surface area (Å²) in [4.78, 5) is 34.4. The molecule has 1 aromatic rings. The fourth-order valence-electron chi connectivity index (χ4n) is 1.87. The summed E-state index contributed by atoms with van der Waals surface area (Å²) in [6, 6.07) is 6.40. The smallest absolute Gasteiger partial charge is 0.312 e. The second-order valence-corrected chi connectivity index (χ2v) is 4.70. The molecular formula is C15H19N3O5. The minimum absolute atomic E-state index is 0.0159. The number of carboxylic acid groups (broad SMARTS) is 1. The van der Waals surface area contributed by atoms with Gasteiger partial charge in [0, 0.05) is 12.1 Å². The Morgan fingerprint density at radius 3 is 2.39 bits per heavy atom. The highest BCUT2D eigenvalue weighted by Gasteiger charge is 2.26. The number of Topliss-reactive ketones (excluding diaryl/α,β-unsaturated/α-hetero) is 1. The first-order valence-corrected chi connectivity index (χ1v) is 6.87. The molecule has 1 atom stereocenters. The molecule has 1 amide bonds. The molecule has 0 saturated heterocycles. The van der Waals surface area contributed by atoms with Crippen LogP contribution in [0.5, 0.6) is 5.75 Å². The van der Waals surface area contributed by atoms with Crippen LogP contribution in [0.2, 0.25) is 0 Å². The molecule has 0 aromatic heterocycles. The van der Waals surface area contributed by atoms with Crippen LogP contribution in [0.3, 0.4) is 0 Å². The quantitative estimate of drug-likeness (QED) is 0.474. The van der Waals surface area contributed by atoms with Crippen LogP contribution >= 0.6 is 0 Å². The Bertz CT molecular complexity index is 598. The van der Waals surface area contributed by atoms with Gasteiger partial charge in [0.25, 0.3) is 5.91 Å². The van der Waals surface area contributed by atoms with Gasteiger partial charge in [0.15, 0.2) is 5.78 Å². The zero-order valence-electron chi connectivity index (χ0n) is 12.7. The summed E-state index contributed by atoms with van der Waals surface area (Å²) >= 11 is 0. The zero-order valence-corrected chi connectivity index (χ0v) is 12.7. The van der Waals surface area contributed by atoms with E-state index in [0.717, 1.165) is 0 Å². The Hall–Kier alpha value is -2.74. The fraction of sp³-hybridized carbons (Fsp3) is 0.333. The molecule has 0 radical (unpaired) electrons. The zero-order chi connectivity index (χ0) is 17.4. The van der Waals surface area contributed by atoms with Gasteiger partial charge in [-0.15, -0.1) is 0 Å². The first-order valence-electron chi connectivity index (χ1n) is 6.87. The van der Waals surface area contributed by atoms with Crippen LogP contribution in [0, 0.1) is 11.3 Å². The van der Waals surface area contributed by atoms with Crippen LogP contribution in [0.1, 0.15) is 16.8 Å². The largest absolute Gasteiger partial charge is 0.497 e. The molecule has 0 aliphatic carbocycles. The number of carbonyl (C=O) groups is 3. The SMILES string of the molecule is COc1ccc(C(=O)NCCC(C(=N)C(=O)CN)C(=O)O)cc1. The highest BCUT2D eigenvalue weighted by atomic mass is 16.5. The summed E-state index contributed by atoms with van der Waals surface area (Å²) in [6.45, 7) is -0.400. The van der Waals surface area contributed by atoms with Gasteiger partial charge < -0.3 is 26.3 Å². The number of aliphatic carboxylic acids is 1. The van der Waals surface area contributed by atoms with Crippen molar-refractivity contribution in [2.75, 3.05) is 20.2 Å². The normalized spacial score (nSPS) is 11.4. The van der Waals surface area contributed by atoms with E-state index in [-0.39, 0.29) is 18.9 Å². The van der Waals surface area contributed by atoms with Gasteiger partial charge in [0.05, 0.1) is 19.4 Å². The first-order chi connectivity index (χ1) is 10.9. The third kappa shape index (κ3) is 5.19. The summed E-state index contributed by atoms with van der Waals surface area (Å²) in [7, 11) is 1.51. The molecule has 124 valence electrons. The molecule has 1 aromatic carbocycles. The highest BCUT2D eigenvalue weighted by Crippen LogP contribution is 2.11. The molecule has 1 rings (SSSR count). The van der Waals surface area contributed by atoms with Crippen molar-refractivity contribution in [3.63, 3.8) is 0 Å². The summed E-state index contributed by atoms with van der Waals surface area (Å²) in [5.41, 5.74) is 4.96. The van der Waals surface area contributed by atoms with Crippen LogP contribution in [-0.4, -0.2) is 48.7 Å². The number of benzene rings is 1. The highest BCUT2D eigenvalue weighted by molar-refractivity contribution is 6.42. The summed E-state index contributed by atoms with van der Waals surface area (Å²) < 4.78 is 4.98. The molecule has 0 fully saturated rings. The van der Waals surface area contributed by atoms with Crippen molar-refractivity contribution in [2.45, 2.75) is 6.42 Å². The Morgan fingerprint density at radius 1 is 1.30 bits per heavy atom. The van der Waals surface area contributed by atoms with Crippen molar-refractivity contribution >= 4 is 23.4 Å². The number of carboxylic acids is 1. The second-order valence-electron chi connectivity index (χ2n) is 4.70. The molecule has 0 aliphatic heterocycles. The number of ether oxygens (including phenoxy) is 1. The summed E-state index contributed by atoms with van der Waals surface area (Å²) in [6.07, 6.45) is -0.0677. The predicted molar refractivity (Wildman–Crippen MR) is 82.9 cm³/mol. The molecule has 0 bridgehead atoms. The van der Waals surface area contributed by atoms with E-state index < -0.39 is 29.9 Å². The summed E-state index contributed by atoms with van der Waals surface area (Å²) in [5, 5.41) is 19.2. The van der Waals surface area contributed by atoms with Gasteiger partial charge >= 0.3 is 5.97 Å². The van der Waals surface area contributed by atoms with Gasteiger partial charge in [0.1, 0.15) is 11.7 Å². The van der Waals surface area contributed by atoms with Crippen molar-refractivity contribution in [1.82, 2.24) is 5.32 Å². The van der Waals surface area contributed by atoms with Gasteiger partial charge in [-0.25, -0.2) is 0 Å². The Kier molecular flexibility index (Phi) is 6.88. The van der Waals surface area contributed by atoms with Crippen molar-refractivity contribution in [2.24, 2.45) is 11.7 Å². The maximum Gasteiger partial charge on any atom is 0.312 e. The molecule has 8 heteroatoms. The molecule has 0 saturated carbocycles. The van der Waals surface area contributed by atoms with E-state index in [9.17, 15) is 14.4 Å². The fourth-order valence-corrected chi connectivity index (χ4v) is 1.87. The predicted octanol–water partition coefficient (Wildman–Crippen LogP) is 0.0635. The molecule has 8 nitrogen and oxygen atoms in total. The number of carbonyl (C=O) groups excluding carboxylic acids is 2.